The van der Waals surface area contributed by atoms with Gasteiger partial charge in [-0.1, -0.05) is 24.3 Å². The maximum atomic E-state index is 13.2. The Labute approximate surface area is 201 Å². The molecule has 3 aromatic rings. The van der Waals surface area contributed by atoms with Crippen molar-refractivity contribution in [2.45, 2.75) is 37.5 Å². The van der Waals surface area contributed by atoms with Crippen molar-refractivity contribution in [3.05, 3.63) is 77.1 Å². The SMILES string of the molecule is Cc1cccc(-c2ncc(C3CCN(S(=O)(=O)c4cccc(C(=O)N(C)C)c4)CC3)cn2)c1C. The third kappa shape index (κ3) is 4.74. The highest BCUT2D eigenvalue weighted by Crippen LogP contribution is 2.31. The zero-order chi connectivity index (χ0) is 24.5. The van der Waals surface area contributed by atoms with Crippen LogP contribution in [0, 0.1) is 13.8 Å². The first kappa shape index (κ1) is 24.0. The minimum Gasteiger partial charge on any atom is -0.345 e. The van der Waals surface area contributed by atoms with E-state index in [0.29, 0.717) is 37.3 Å². The molecule has 1 aliphatic rings. The third-order valence-electron chi connectivity index (χ3n) is 6.57. The molecule has 0 atom stereocenters. The molecule has 8 heteroatoms. The van der Waals surface area contributed by atoms with Gasteiger partial charge in [-0.05, 0) is 67.5 Å². The molecule has 2 aromatic carbocycles. The van der Waals surface area contributed by atoms with Crippen molar-refractivity contribution in [1.82, 2.24) is 19.2 Å². The summed E-state index contributed by atoms with van der Waals surface area (Å²) in [4.78, 5) is 23.0. The number of aromatic nitrogens is 2. The monoisotopic (exact) mass is 478 g/mol. The number of aryl methyl sites for hydroxylation is 1. The number of hydrogen-bond acceptors (Lipinski definition) is 5. The molecule has 2 heterocycles. The van der Waals surface area contributed by atoms with Crippen LogP contribution in [0.4, 0.5) is 0 Å². The fourth-order valence-electron chi connectivity index (χ4n) is 4.31. The Bertz CT molecular complexity index is 1300. The lowest BCUT2D eigenvalue weighted by molar-refractivity contribution is 0.0827. The normalized spacial score (nSPS) is 15.3. The van der Waals surface area contributed by atoms with Crippen LogP contribution < -0.4 is 0 Å². The first-order valence-corrected chi connectivity index (χ1v) is 12.8. The summed E-state index contributed by atoms with van der Waals surface area (Å²) in [6.07, 6.45) is 5.13. The van der Waals surface area contributed by atoms with Gasteiger partial charge in [0.2, 0.25) is 10.0 Å². The van der Waals surface area contributed by atoms with E-state index in [-0.39, 0.29) is 16.7 Å². The van der Waals surface area contributed by atoms with Gasteiger partial charge in [-0.3, -0.25) is 4.79 Å². The van der Waals surface area contributed by atoms with E-state index in [2.05, 4.69) is 29.9 Å². The molecule has 0 bridgehead atoms. The third-order valence-corrected chi connectivity index (χ3v) is 8.46. The average Bonchev–Trinajstić information content (AvgIpc) is 2.85. The van der Waals surface area contributed by atoms with E-state index in [1.165, 1.54) is 26.4 Å². The van der Waals surface area contributed by atoms with E-state index in [0.717, 1.165) is 11.1 Å². The van der Waals surface area contributed by atoms with Crippen molar-refractivity contribution >= 4 is 15.9 Å². The average molecular weight is 479 g/mol. The van der Waals surface area contributed by atoms with E-state index >= 15 is 0 Å². The van der Waals surface area contributed by atoms with Gasteiger partial charge in [0.1, 0.15) is 0 Å². The van der Waals surface area contributed by atoms with Crippen LogP contribution in [0.25, 0.3) is 11.4 Å². The fourth-order valence-corrected chi connectivity index (χ4v) is 5.82. The van der Waals surface area contributed by atoms with Crippen LogP contribution >= 0.6 is 0 Å². The fraction of sp³-hybridized carbons (Fsp3) is 0.346. The van der Waals surface area contributed by atoms with Gasteiger partial charge >= 0.3 is 0 Å². The van der Waals surface area contributed by atoms with Crippen LogP contribution in [-0.2, 0) is 10.0 Å². The van der Waals surface area contributed by atoms with E-state index in [9.17, 15) is 13.2 Å². The minimum atomic E-state index is -3.67. The first-order valence-electron chi connectivity index (χ1n) is 11.4. The van der Waals surface area contributed by atoms with Gasteiger partial charge in [-0.15, -0.1) is 0 Å². The Morgan fingerprint density at radius 1 is 1.00 bits per heavy atom. The van der Waals surface area contributed by atoms with Crippen LogP contribution in [0.15, 0.2) is 59.8 Å². The van der Waals surface area contributed by atoms with Crippen LogP contribution in [-0.4, -0.2) is 60.7 Å². The Kier molecular flexibility index (Phi) is 6.81. The van der Waals surface area contributed by atoms with Crippen LogP contribution in [0.1, 0.15) is 45.8 Å². The number of benzene rings is 2. The molecule has 1 aromatic heterocycles. The quantitative estimate of drug-likeness (QED) is 0.553. The number of nitrogens with zero attached hydrogens (tertiary/aromatic N) is 4. The van der Waals surface area contributed by atoms with Crippen molar-refractivity contribution in [3.8, 4) is 11.4 Å². The summed E-state index contributed by atoms with van der Waals surface area (Å²) >= 11 is 0. The summed E-state index contributed by atoms with van der Waals surface area (Å²) in [7, 11) is -0.379. The lowest BCUT2D eigenvalue weighted by Crippen LogP contribution is -2.38. The number of sulfonamides is 1. The molecule has 0 spiro atoms. The van der Waals surface area contributed by atoms with Gasteiger partial charge in [0.05, 0.1) is 4.90 Å². The Balaban J connectivity index is 1.45. The van der Waals surface area contributed by atoms with Gasteiger partial charge < -0.3 is 4.90 Å². The highest BCUT2D eigenvalue weighted by Gasteiger charge is 2.30. The molecule has 0 radical (unpaired) electrons. The van der Waals surface area contributed by atoms with Gasteiger partial charge in [-0.25, -0.2) is 18.4 Å². The largest absolute Gasteiger partial charge is 0.345 e. The number of hydrogen-bond donors (Lipinski definition) is 0. The van der Waals surface area contributed by atoms with E-state index in [1.807, 2.05) is 24.5 Å². The van der Waals surface area contributed by atoms with Crippen molar-refractivity contribution < 1.29 is 13.2 Å². The Hall–Kier alpha value is -3.10. The van der Waals surface area contributed by atoms with Crippen molar-refractivity contribution in [1.29, 1.82) is 0 Å². The summed E-state index contributed by atoms with van der Waals surface area (Å²) in [5.41, 5.74) is 4.80. The van der Waals surface area contributed by atoms with Crippen LogP contribution in [0.2, 0.25) is 0 Å². The molecular formula is C26H30N4O3S. The molecular weight excluding hydrogens is 448 g/mol. The van der Waals surface area contributed by atoms with Crippen LogP contribution in [0.3, 0.4) is 0 Å². The first-order chi connectivity index (χ1) is 16.2. The summed E-state index contributed by atoms with van der Waals surface area (Å²) in [6, 6.07) is 12.4. The number of carbonyl (C=O) groups is 1. The van der Waals surface area contributed by atoms with Crippen molar-refractivity contribution in [2.75, 3.05) is 27.2 Å². The van der Waals surface area contributed by atoms with E-state index in [1.54, 1.807) is 32.3 Å². The molecule has 4 rings (SSSR count). The van der Waals surface area contributed by atoms with E-state index < -0.39 is 10.0 Å². The molecule has 1 aliphatic heterocycles. The lowest BCUT2D eigenvalue weighted by Gasteiger charge is -2.31. The molecule has 34 heavy (non-hydrogen) atoms. The zero-order valence-electron chi connectivity index (χ0n) is 20.0. The Morgan fingerprint density at radius 3 is 2.29 bits per heavy atom. The Morgan fingerprint density at radius 2 is 1.65 bits per heavy atom. The molecule has 1 amide bonds. The molecule has 1 fully saturated rings. The lowest BCUT2D eigenvalue weighted by atomic mass is 9.92. The smallest absolute Gasteiger partial charge is 0.253 e. The van der Waals surface area contributed by atoms with Gasteiger partial charge in [0.25, 0.3) is 5.91 Å². The molecule has 1 saturated heterocycles. The number of rotatable bonds is 5. The topological polar surface area (TPSA) is 83.5 Å². The second-order valence-electron chi connectivity index (χ2n) is 8.99. The molecule has 0 unspecified atom stereocenters. The summed E-state index contributed by atoms with van der Waals surface area (Å²) in [5.74, 6) is 0.693. The molecule has 0 saturated carbocycles. The van der Waals surface area contributed by atoms with E-state index in [4.69, 9.17) is 0 Å². The van der Waals surface area contributed by atoms with Gasteiger partial charge in [-0.2, -0.15) is 4.31 Å². The summed E-state index contributed by atoms with van der Waals surface area (Å²) < 4.78 is 27.9. The number of piperidine rings is 1. The maximum Gasteiger partial charge on any atom is 0.253 e. The van der Waals surface area contributed by atoms with Gasteiger partial charge in [0, 0.05) is 50.7 Å². The number of carbonyl (C=O) groups excluding carboxylic acids is 1. The van der Waals surface area contributed by atoms with Crippen LogP contribution in [0.5, 0.6) is 0 Å². The summed E-state index contributed by atoms with van der Waals surface area (Å²) in [6.45, 7) is 4.98. The van der Waals surface area contributed by atoms with Crippen molar-refractivity contribution in [2.24, 2.45) is 0 Å². The molecule has 7 nitrogen and oxygen atoms in total. The molecule has 0 aliphatic carbocycles. The van der Waals surface area contributed by atoms with Crippen molar-refractivity contribution in [3.63, 3.8) is 0 Å². The highest BCUT2D eigenvalue weighted by atomic mass is 32.2. The molecule has 0 N–H and O–H groups in total. The second-order valence-corrected chi connectivity index (χ2v) is 10.9. The maximum absolute atomic E-state index is 13.2. The second kappa shape index (κ2) is 9.64. The predicted octanol–water partition coefficient (Wildman–Crippen LogP) is 4.03. The predicted molar refractivity (Wildman–Crippen MR) is 132 cm³/mol. The minimum absolute atomic E-state index is 0.153. The highest BCUT2D eigenvalue weighted by molar-refractivity contribution is 7.89. The zero-order valence-corrected chi connectivity index (χ0v) is 20.8. The standard InChI is InChI=1S/C26H30N4O3S/c1-18-7-5-10-24(19(18)2)25-27-16-22(17-28-25)20-11-13-30(14-12-20)34(32,33)23-9-6-8-21(15-23)26(31)29(3)4/h5-10,15-17,20H,11-14H2,1-4H3. The summed E-state index contributed by atoms with van der Waals surface area (Å²) in [5, 5.41) is 0. The van der Waals surface area contributed by atoms with Gasteiger partial charge in [0.15, 0.2) is 5.82 Å². The number of amides is 1. The molecule has 178 valence electrons.